The number of ether oxygens (including phenoxy) is 1. The minimum absolute atomic E-state index is 0.00259. The summed E-state index contributed by atoms with van der Waals surface area (Å²) in [6, 6.07) is 0. The minimum Gasteiger partial charge on any atom is -0.478 e. The summed E-state index contributed by atoms with van der Waals surface area (Å²) in [5.74, 6) is -1.55. The molecule has 5 fully saturated rings. The summed E-state index contributed by atoms with van der Waals surface area (Å²) >= 11 is 0. The molecule has 39 heavy (non-hydrogen) atoms. The smallest absolute Gasteiger partial charge is 0.331 e. The maximum atomic E-state index is 12.7. The van der Waals surface area contributed by atoms with E-state index in [2.05, 4.69) is 20.8 Å². The molecule has 7 heteroatoms. The molecule has 0 heterocycles. The van der Waals surface area contributed by atoms with Crippen molar-refractivity contribution in [3.8, 4) is 0 Å². The fourth-order valence-corrected chi connectivity index (χ4v) is 11.1. The fourth-order valence-electron chi connectivity index (χ4n) is 11.1. The van der Waals surface area contributed by atoms with Crippen LogP contribution < -0.4 is 5.73 Å². The molecule has 0 aromatic heterocycles. The second-order valence-corrected chi connectivity index (χ2v) is 14.6. The summed E-state index contributed by atoms with van der Waals surface area (Å²) in [6.07, 6.45) is 6.76. The van der Waals surface area contributed by atoms with Crippen LogP contribution in [0.4, 0.5) is 0 Å². The van der Waals surface area contributed by atoms with Crippen LogP contribution in [0.5, 0.6) is 0 Å². The van der Waals surface area contributed by atoms with Crippen molar-refractivity contribution in [2.75, 3.05) is 6.54 Å². The molecule has 0 aliphatic heterocycles. The molecule has 218 valence electrons. The van der Waals surface area contributed by atoms with E-state index in [-0.39, 0.29) is 38.9 Å². The number of esters is 1. The average molecular weight is 544 g/mol. The Bertz CT molecular complexity index is 1130. The molecule has 0 amide bonds. The first-order valence-corrected chi connectivity index (χ1v) is 15.0. The second kappa shape index (κ2) is 9.15. The Kier molecular flexibility index (Phi) is 6.76. The van der Waals surface area contributed by atoms with Crippen LogP contribution in [0.15, 0.2) is 22.8 Å². The largest absolute Gasteiger partial charge is 0.478 e. The maximum Gasteiger partial charge on any atom is 0.331 e. The van der Waals surface area contributed by atoms with Gasteiger partial charge in [-0.25, -0.2) is 4.79 Å². The van der Waals surface area contributed by atoms with Crippen molar-refractivity contribution < 1.29 is 29.6 Å². The summed E-state index contributed by atoms with van der Waals surface area (Å²) in [6.45, 7) is 12.8. The van der Waals surface area contributed by atoms with Crippen molar-refractivity contribution in [1.82, 2.24) is 0 Å². The van der Waals surface area contributed by atoms with E-state index >= 15 is 0 Å². The zero-order chi connectivity index (χ0) is 28.8. The zero-order valence-electron chi connectivity index (χ0n) is 24.7. The van der Waals surface area contributed by atoms with Crippen LogP contribution in [0.3, 0.4) is 0 Å². The predicted octanol–water partition coefficient (Wildman–Crippen LogP) is 4.75. The number of carboxylic acids is 1. The molecule has 0 radical (unpaired) electrons. The van der Waals surface area contributed by atoms with Gasteiger partial charge in [0.2, 0.25) is 0 Å². The molecule has 0 bridgehead atoms. The first-order valence-electron chi connectivity index (χ1n) is 15.0. The number of allylic oxidation sites excluding steroid dienone is 2. The molecule has 7 nitrogen and oxygen atoms in total. The highest BCUT2D eigenvalue weighted by Crippen LogP contribution is 2.87. The topological polar surface area (TPSA) is 130 Å². The van der Waals surface area contributed by atoms with Gasteiger partial charge >= 0.3 is 11.9 Å². The fraction of sp³-hybridized carbons (Fsp3) is 0.812. The lowest BCUT2D eigenvalue weighted by Gasteiger charge is -2.69. The Balaban J connectivity index is 1.61. The van der Waals surface area contributed by atoms with E-state index in [4.69, 9.17) is 10.5 Å². The lowest BCUT2D eigenvalue weighted by atomic mass is 9.36. The number of carbonyl (C=O) groups excluding carboxylic acids is 1. The summed E-state index contributed by atoms with van der Waals surface area (Å²) in [4.78, 5) is 25.0. The molecule has 5 saturated carbocycles. The van der Waals surface area contributed by atoms with Crippen molar-refractivity contribution in [2.24, 2.45) is 44.6 Å². The average Bonchev–Trinajstić information content (AvgIpc) is 3.46. The zero-order valence-corrected chi connectivity index (χ0v) is 24.7. The number of aliphatic hydroxyl groups is 2. The number of nitrogens with two attached hydrogens (primary N) is 1. The van der Waals surface area contributed by atoms with E-state index in [1.54, 1.807) is 0 Å². The Morgan fingerprint density at radius 2 is 1.74 bits per heavy atom. The molecular formula is C32H49NO6. The highest BCUT2D eigenvalue weighted by Gasteiger charge is 2.83. The molecule has 1 spiro atoms. The number of carboxylic acid groups (broad SMARTS) is 1. The van der Waals surface area contributed by atoms with Gasteiger partial charge in [-0.15, -0.1) is 0 Å². The van der Waals surface area contributed by atoms with Gasteiger partial charge in [0.1, 0.15) is 6.10 Å². The predicted molar refractivity (Wildman–Crippen MR) is 148 cm³/mol. The van der Waals surface area contributed by atoms with E-state index in [0.29, 0.717) is 49.8 Å². The van der Waals surface area contributed by atoms with Crippen molar-refractivity contribution in [1.29, 1.82) is 0 Å². The first kappa shape index (κ1) is 28.8. The third kappa shape index (κ3) is 3.64. The monoisotopic (exact) mass is 543 g/mol. The van der Waals surface area contributed by atoms with Crippen LogP contribution in [-0.2, 0) is 14.3 Å². The summed E-state index contributed by atoms with van der Waals surface area (Å²) in [5, 5.41) is 33.5. The normalized spacial score (nSPS) is 49.1. The van der Waals surface area contributed by atoms with Crippen LogP contribution in [-0.4, -0.2) is 52.1 Å². The van der Waals surface area contributed by atoms with Gasteiger partial charge in [0.15, 0.2) is 0 Å². The van der Waals surface area contributed by atoms with Crippen LogP contribution in [0.2, 0.25) is 0 Å². The quantitative estimate of drug-likeness (QED) is 0.216. The summed E-state index contributed by atoms with van der Waals surface area (Å²) < 4.78 is 5.90. The third-order valence-corrected chi connectivity index (χ3v) is 13.1. The maximum absolute atomic E-state index is 12.7. The van der Waals surface area contributed by atoms with E-state index < -0.39 is 30.3 Å². The molecule has 1 unspecified atom stereocenters. The van der Waals surface area contributed by atoms with Crippen LogP contribution >= 0.6 is 0 Å². The minimum atomic E-state index is -0.961. The van der Waals surface area contributed by atoms with Gasteiger partial charge in [-0.05, 0) is 111 Å². The van der Waals surface area contributed by atoms with Crippen molar-refractivity contribution in [3.63, 3.8) is 0 Å². The van der Waals surface area contributed by atoms with Gasteiger partial charge in [0, 0.05) is 24.5 Å². The second-order valence-electron chi connectivity index (χ2n) is 14.6. The van der Waals surface area contributed by atoms with Crippen LogP contribution in [0.1, 0.15) is 99.3 Å². The van der Waals surface area contributed by atoms with Gasteiger partial charge < -0.3 is 25.8 Å². The standard InChI is InChI=1S/C32H49NO6/c1-18(2)8-7-9-20(27(37)38)25-21-14-22(35)26-28(4,30(21,6)15-23(25)39-19(3)34)12-13-32-16-31(32,17-33)24(36)10-11-29(26,32)5/h8,21-24,26,35-36H,7,9-17,33H2,1-6H3,(H,37,38)/b25-20-/t21-,22+,23-,24+,26+,28-,29+,30-,31?,32-/m0/s1. The summed E-state index contributed by atoms with van der Waals surface area (Å²) in [5.41, 5.74) is 7.40. The number of aliphatic carboxylic acids is 1. The lowest BCUT2D eigenvalue weighted by molar-refractivity contribution is -0.238. The Morgan fingerprint density at radius 1 is 1.05 bits per heavy atom. The van der Waals surface area contributed by atoms with E-state index in [1.807, 2.05) is 19.9 Å². The third-order valence-electron chi connectivity index (χ3n) is 13.1. The summed E-state index contributed by atoms with van der Waals surface area (Å²) in [7, 11) is 0. The molecule has 0 aromatic carbocycles. The number of hydrogen-bond donors (Lipinski definition) is 4. The number of rotatable bonds is 6. The van der Waals surface area contributed by atoms with E-state index in [1.165, 1.54) is 6.92 Å². The molecule has 0 aromatic rings. The molecular weight excluding hydrogens is 494 g/mol. The van der Waals surface area contributed by atoms with Gasteiger partial charge in [0.05, 0.1) is 12.2 Å². The van der Waals surface area contributed by atoms with Crippen LogP contribution in [0.25, 0.3) is 0 Å². The highest BCUT2D eigenvalue weighted by molar-refractivity contribution is 5.88. The molecule has 5 aliphatic carbocycles. The molecule has 5 N–H and O–H groups in total. The van der Waals surface area contributed by atoms with Gasteiger partial charge in [0.25, 0.3) is 0 Å². The Morgan fingerprint density at radius 3 is 2.33 bits per heavy atom. The lowest BCUT2D eigenvalue weighted by Crippen LogP contribution is -2.66. The Hall–Kier alpha value is -1.70. The van der Waals surface area contributed by atoms with Crippen LogP contribution in [0, 0.1) is 38.9 Å². The number of carbonyl (C=O) groups is 2. The first-order chi connectivity index (χ1) is 18.1. The van der Waals surface area contributed by atoms with Gasteiger partial charge in [-0.2, -0.15) is 0 Å². The van der Waals surface area contributed by atoms with Crippen molar-refractivity contribution >= 4 is 11.9 Å². The molecule has 5 rings (SSSR count). The molecule has 0 saturated heterocycles. The van der Waals surface area contributed by atoms with E-state index in [9.17, 15) is 24.9 Å². The number of fused-ring (bicyclic) bond motifs is 4. The van der Waals surface area contributed by atoms with Gasteiger partial charge in [-0.3, -0.25) is 4.79 Å². The number of aliphatic hydroxyl groups excluding tert-OH is 2. The SMILES string of the molecule is CC(=O)O[C@H]1C[C@@]2(C)[C@@H](C[C@@H](O)[C@@H]3[C@]2(C)CC[C@@]24CC2(CN)[C@H](O)CC[C@]34C)/C1=C(\CCC=C(C)C)C(=O)O. The molecule has 5 aliphatic rings. The van der Waals surface area contributed by atoms with Crippen molar-refractivity contribution in [2.45, 2.75) is 118 Å². The van der Waals surface area contributed by atoms with E-state index in [0.717, 1.165) is 31.3 Å². The van der Waals surface area contributed by atoms with Crippen molar-refractivity contribution in [3.05, 3.63) is 22.8 Å². The highest BCUT2D eigenvalue weighted by atomic mass is 16.5. The number of hydrogen-bond acceptors (Lipinski definition) is 6. The Labute approximate surface area is 233 Å². The molecule has 10 atom stereocenters. The van der Waals surface area contributed by atoms with Gasteiger partial charge in [-0.1, -0.05) is 32.4 Å².